The average molecular weight is 173 g/mol. The fraction of sp³-hybridized carbons (Fsp3) is 0.333. The lowest BCUT2D eigenvalue weighted by molar-refractivity contribution is -0.138. The molecule has 0 aliphatic rings. The lowest BCUT2D eigenvalue weighted by Gasteiger charge is -2.10. The molecule has 0 unspecified atom stereocenters. The van der Waals surface area contributed by atoms with Crippen LogP contribution in [0.4, 0.5) is 13.2 Å². The van der Waals surface area contributed by atoms with Crippen molar-refractivity contribution in [3.05, 3.63) is 34.9 Å². The van der Waals surface area contributed by atoms with Gasteiger partial charge in [-0.15, -0.1) is 0 Å². The highest BCUT2D eigenvalue weighted by atomic mass is 19.4. The molecule has 12 heavy (non-hydrogen) atoms. The fourth-order valence-corrected chi connectivity index (χ4v) is 0.975. The molecule has 0 atom stereocenters. The number of aryl methyl sites for hydroxylation is 1. The summed E-state index contributed by atoms with van der Waals surface area (Å²) in [5.74, 6) is 0. The second kappa shape index (κ2) is 2.81. The third-order valence-electron chi connectivity index (χ3n) is 1.81. The van der Waals surface area contributed by atoms with E-state index in [0.29, 0.717) is 5.56 Å². The van der Waals surface area contributed by atoms with Crippen LogP contribution in [0.15, 0.2) is 12.1 Å². The zero-order valence-corrected chi connectivity index (χ0v) is 6.79. The smallest absolute Gasteiger partial charge is 0.166 e. The van der Waals surface area contributed by atoms with Crippen molar-refractivity contribution < 1.29 is 13.2 Å². The van der Waals surface area contributed by atoms with Gasteiger partial charge in [0.05, 0.1) is 5.56 Å². The maximum Gasteiger partial charge on any atom is 0.417 e. The first-order chi connectivity index (χ1) is 5.43. The molecule has 0 aliphatic carbocycles. The van der Waals surface area contributed by atoms with Crippen LogP contribution in [0.25, 0.3) is 0 Å². The Kier molecular flexibility index (Phi) is 2.13. The van der Waals surface area contributed by atoms with Crippen molar-refractivity contribution >= 4 is 0 Å². The molecule has 3 heteroatoms. The van der Waals surface area contributed by atoms with E-state index in [2.05, 4.69) is 6.07 Å². The van der Waals surface area contributed by atoms with Crippen molar-refractivity contribution in [2.45, 2.75) is 20.0 Å². The van der Waals surface area contributed by atoms with Crippen molar-refractivity contribution in [3.63, 3.8) is 0 Å². The van der Waals surface area contributed by atoms with Gasteiger partial charge in [0.2, 0.25) is 0 Å². The van der Waals surface area contributed by atoms with E-state index in [1.165, 1.54) is 13.0 Å². The average Bonchev–Trinajstić information content (AvgIpc) is 1.92. The van der Waals surface area contributed by atoms with E-state index in [0.717, 1.165) is 0 Å². The number of hydrogen-bond donors (Lipinski definition) is 0. The highest BCUT2D eigenvalue weighted by Gasteiger charge is 2.32. The van der Waals surface area contributed by atoms with Gasteiger partial charge in [0.25, 0.3) is 0 Å². The predicted molar refractivity (Wildman–Crippen MR) is 39.8 cm³/mol. The number of alkyl halides is 3. The van der Waals surface area contributed by atoms with Crippen LogP contribution in [0.1, 0.15) is 16.7 Å². The van der Waals surface area contributed by atoms with Gasteiger partial charge in [-0.25, -0.2) is 0 Å². The van der Waals surface area contributed by atoms with Gasteiger partial charge < -0.3 is 0 Å². The minimum atomic E-state index is -4.28. The van der Waals surface area contributed by atoms with Gasteiger partial charge in [-0.1, -0.05) is 12.1 Å². The Morgan fingerprint density at radius 1 is 1.25 bits per heavy atom. The SMILES string of the molecule is Cc1cc[c]c(C(F)(F)F)c1C. The largest absolute Gasteiger partial charge is 0.417 e. The number of halogens is 3. The summed E-state index contributed by atoms with van der Waals surface area (Å²) in [6, 6.07) is 5.10. The third-order valence-corrected chi connectivity index (χ3v) is 1.81. The first-order valence-corrected chi connectivity index (χ1v) is 3.48. The van der Waals surface area contributed by atoms with E-state index in [1.54, 1.807) is 13.0 Å². The van der Waals surface area contributed by atoms with Gasteiger partial charge in [0.15, 0.2) is 0 Å². The zero-order chi connectivity index (χ0) is 9.35. The molecule has 0 fully saturated rings. The van der Waals surface area contributed by atoms with Gasteiger partial charge in [-0.2, -0.15) is 13.2 Å². The van der Waals surface area contributed by atoms with E-state index in [4.69, 9.17) is 0 Å². The molecule has 0 nitrogen and oxygen atoms in total. The van der Waals surface area contributed by atoms with Gasteiger partial charge in [-0.05, 0) is 31.0 Å². The monoisotopic (exact) mass is 173 g/mol. The van der Waals surface area contributed by atoms with Crippen LogP contribution in [0.5, 0.6) is 0 Å². The van der Waals surface area contributed by atoms with Gasteiger partial charge in [-0.3, -0.25) is 0 Å². The van der Waals surface area contributed by atoms with Crippen LogP contribution in [0, 0.1) is 19.9 Å². The molecule has 0 N–H and O–H groups in total. The molecule has 0 heterocycles. The van der Waals surface area contributed by atoms with Gasteiger partial charge in [0.1, 0.15) is 0 Å². The van der Waals surface area contributed by atoms with Crippen molar-refractivity contribution in [2.75, 3.05) is 0 Å². The Balaban J connectivity index is 3.26. The van der Waals surface area contributed by atoms with Crippen LogP contribution in [0.2, 0.25) is 0 Å². The van der Waals surface area contributed by atoms with Crippen molar-refractivity contribution in [1.29, 1.82) is 0 Å². The molecular weight excluding hydrogens is 165 g/mol. The molecule has 0 spiro atoms. The summed E-state index contributed by atoms with van der Waals surface area (Å²) in [5, 5.41) is 0. The minimum Gasteiger partial charge on any atom is -0.166 e. The second-order valence-electron chi connectivity index (χ2n) is 2.66. The van der Waals surface area contributed by atoms with Crippen molar-refractivity contribution in [2.24, 2.45) is 0 Å². The molecule has 1 aromatic rings. The summed E-state index contributed by atoms with van der Waals surface area (Å²) in [6.07, 6.45) is -4.28. The molecule has 0 bridgehead atoms. The highest BCUT2D eigenvalue weighted by molar-refractivity contribution is 5.33. The van der Waals surface area contributed by atoms with Crippen molar-refractivity contribution in [3.8, 4) is 0 Å². The summed E-state index contributed by atoms with van der Waals surface area (Å²) in [6.45, 7) is 3.10. The summed E-state index contributed by atoms with van der Waals surface area (Å²) < 4.78 is 36.6. The molecule has 1 rings (SSSR count). The molecule has 0 saturated heterocycles. The first-order valence-electron chi connectivity index (χ1n) is 3.48. The zero-order valence-electron chi connectivity index (χ0n) is 6.79. The normalized spacial score (nSPS) is 11.8. The number of benzene rings is 1. The summed E-state index contributed by atoms with van der Waals surface area (Å²) in [5.41, 5.74) is 0.230. The fourth-order valence-electron chi connectivity index (χ4n) is 0.975. The Morgan fingerprint density at radius 2 is 1.83 bits per heavy atom. The van der Waals surface area contributed by atoms with E-state index in [9.17, 15) is 13.2 Å². The Hall–Kier alpha value is -0.990. The molecule has 65 valence electrons. The molecule has 1 radical (unpaired) electrons. The molecule has 0 amide bonds. The minimum absolute atomic E-state index is 0.255. The van der Waals surface area contributed by atoms with Crippen molar-refractivity contribution in [1.82, 2.24) is 0 Å². The lowest BCUT2D eigenvalue weighted by atomic mass is 10.0. The molecule has 0 saturated carbocycles. The Morgan fingerprint density at radius 3 is 2.25 bits per heavy atom. The summed E-state index contributed by atoms with van der Waals surface area (Å²) in [7, 11) is 0. The summed E-state index contributed by atoms with van der Waals surface area (Å²) >= 11 is 0. The standard InChI is InChI=1S/C9H8F3/c1-6-4-3-5-8(7(6)2)9(10,11)12/h3-4H,1-2H3. The first kappa shape index (κ1) is 9.10. The van der Waals surface area contributed by atoms with E-state index < -0.39 is 11.7 Å². The molecule has 1 aromatic carbocycles. The lowest BCUT2D eigenvalue weighted by Crippen LogP contribution is -2.08. The maximum atomic E-state index is 12.2. The van der Waals surface area contributed by atoms with Crippen LogP contribution < -0.4 is 0 Å². The topological polar surface area (TPSA) is 0 Å². The van der Waals surface area contributed by atoms with Gasteiger partial charge >= 0.3 is 6.18 Å². The van der Waals surface area contributed by atoms with E-state index in [-0.39, 0.29) is 5.56 Å². The number of rotatable bonds is 0. The van der Waals surface area contributed by atoms with E-state index in [1.807, 2.05) is 0 Å². The molecular formula is C9H8F3. The Bertz CT molecular complexity index is 286. The van der Waals surface area contributed by atoms with Crippen LogP contribution in [-0.4, -0.2) is 0 Å². The highest BCUT2D eigenvalue weighted by Crippen LogP contribution is 2.32. The Labute approximate surface area is 69.0 Å². The maximum absolute atomic E-state index is 12.2. The number of hydrogen-bond acceptors (Lipinski definition) is 0. The van der Waals surface area contributed by atoms with E-state index >= 15 is 0 Å². The van der Waals surface area contributed by atoms with Crippen LogP contribution >= 0.6 is 0 Å². The summed E-state index contributed by atoms with van der Waals surface area (Å²) in [4.78, 5) is 0. The third kappa shape index (κ3) is 1.60. The second-order valence-corrected chi connectivity index (χ2v) is 2.66. The molecule has 0 aromatic heterocycles. The van der Waals surface area contributed by atoms with Crippen LogP contribution in [-0.2, 0) is 6.18 Å². The van der Waals surface area contributed by atoms with Gasteiger partial charge in [0, 0.05) is 0 Å². The molecule has 0 aliphatic heterocycles. The van der Waals surface area contributed by atoms with Crippen LogP contribution in [0.3, 0.4) is 0 Å². The predicted octanol–water partition coefficient (Wildman–Crippen LogP) is 3.12. The quantitative estimate of drug-likeness (QED) is 0.565.